The Labute approximate surface area is 149 Å². The molecule has 0 spiro atoms. The van der Waals surface area contributed by atoms with Gasteiger partial charge in [-0.2, -0.15) is 0 Å². The van der Waals surface area contributed by atoms with Gasteiger partial charge in [0.15, 0.2) is 6.61 Å². The molecule has 1 aromatic rings. The number of rotatable bonds is 7. The van der Waals surface area contributed by atoms with E-state index in [0.29, 0.717) is 5.91 Å². The highest BCUT2D eigenvalue weighted by molar-refractivity contribution is 5.81. The number of ether oxygens (including phenoxy) is 1. The molecule has 136 valence electrons. The van der Waals surface area contributed by atoms with Gasteiger partial charge in [-0.05, 0) is 49.8 Å². The SMILES string of the molecule is CCCc1ccc(OCC(=O)NC2CCN(C(=O)C3CC3)CC2)cc1. The van der Waals surface area contributed by atoms with Crippen molar-refractivity contribution in [3.05, 3.63) is 29.8 Å². The largest absolute Gasteiger partial charge is 0.484 e. The zero-order chi connectivity index (χ0) is 17.6. The summed E-state index contributed by atoms with van der Waals surface area (Å²) >= 11 is 0. The first-order valence-electron chi connectivity index (χ1n) is 9.45. The predicted octanol–water partition coefficient (Wildman–Crippen LogP) is 2.54. The van der Waals surface area contributed by atoms with Gasteiger partial charge in [0.2, 0.25) is 5.91 Å². The van der Waals surface area contributed by atoms with Gasteiger partial charge in [0.1, 0.15) is 5.75 Å². The number of nitrogens with zero attached hydrogens (tertiary/aromatic N) is 1. The van der Waals surface area contributed by atoms with Gasteiger partial charge in [-0.25, -0.2) is 0 Å². The fourth-order valence-electron chi connectivity index (χ4n) is 3.29. The first-order chi connectivity index (χ1) is 12.2. The van der Waals surface area contributed by atoms with Crippen LogP contribution in [0.1, 0.15) is 44.6 Å². The number of likely N-dealkylation sites (tertiary alicyclic amines) is 1. The minimum Gasteiger partial charge on any atom is -0.484 e. The van der Waals surface area contributed by atoms with Crippen LogP contribution in [0.25, 0.3) is 0 Å². The lowest BCUT2D eigenvalue weighted by Gasteiger charge is -2.32. The summed E-state index contributed by atoms with van der Waals surface area (Å²) in [6, 6.07) is 8.07. The lowest BCUT2D eigenvalue weighted by Crippen LogP contribution is -2.47. The van der Waals surface area contributed by atoms with Gasteiger partial charge in [-0.15, -0.1) is 0 Å². The number of hydrogen-bond acceptors (Lipinski definition) is 3. The van der Waals surface area contributed by atoms with Crippen molar-refractivity contribution in [1.29, 1.82) is 0 Å². The summed E-state index contributed by atoms with van der Waals surface area (Å²) in [7, 11) is 0. The first kappa shape index (κ1) is 17.8. The van der Waals surface area contributed by atoms with Crippen molar-refractivity contribution in [3.8, 4) is 5.75 Å². The maximum Gasteiger partial charge on any atom is 0.258 e. The molecule has 1 aliphatic carbocycles. The molecule has 0 atom stereocenters. The summed E-state index contributed by atoms with van der Waals surface area (Å²) in [5.41, 5.74) is 1.28. The molecular formula is C20H28N2O3. The van der Waals surface area contributed by atoms with Gasteiger partial charge in [0, 0.05) is 25.0 Å². The van der Waals surface area contributed by atoms with Gasteiger partial charge in [-0.1, -0.05) is 25.5 Å². The number of hydrogen-bond donors (Lipinski definition) is 1. The Morgan fingerprint density at radius 3 is 2.40 bits per heavy atom. The molecule has 1 N–H and O–H groups in total. The van der Waals surface area contributed by atoms with Crippen molar-refractivity contribution in [2.75, 3.05) is 19.7 Å². The number of nitrogens with one attached hydrogen (secondary N) is 1. The number of aryl methyl sites for hydroxylation is 1. The molecule has 0 unspecified atom stereocenters. The fourth-order valence-corrected chi connectivity index (χ4v) is 3.29. The monoisotopic (exact) mass is 344 g/mol. The summed E-state index contributed by atoms with van der Waals surface area (Å²) in [6.45, 7) is 3.69. The van der Waals surface area contributed by atoms with Gasteiger partial charge in [-0.3, -0.25) is 9.59 Å². The van der Waals surface area contributed by atoms with Crippen LogP contribution < -0.4 is 10.1 Å². The fraction of sp³-hybridized carbons (Fsp3) is 0.600. The molecule has 5 heteroatoms. The second-order valence-electron chi connectivity index (χ2n) is 7.12. The van der Waals surface area contributed by atoms with E-state index in [1.807, 2.05) is 29.2 Å². The Bertz CT molecular complexity index is 587. The minimum absolute atomic E-state index is 0.0361. The number of amides is 2. The van der Waals surface area contributed by atoms with Gasteiger partial charge in [0.05, 0.1) is 0 Å². The van der Waals surface area contributed by atoms with E-state index >= 15 is 0 Å². The number of benzene rings is 1. The van der Waals surface area contributed by atoms with Crippen molar-refractivity contribution in [2.45, 2.75) is 51.5 Å². The van der Waals surface area contributed by atoms with E-state index in [1.165, 1.54) is 5.56 Å². The standard InChI is InChI=1S/C20H28N2O3/c1-2-3-15-4-8-18(9-5-15)25-14-19(23)21-17-10-12-22(13-11-17)20(24)16-6-7-16/h4-5,8-9,16-17H,2-3,6-7,10-14H2,1H3,(H,21,23). The Balaban J connectivity index is 1.36. The van der Waals surface area contributed by atoms with Crippen molar-refractivity contribution in [3.63, 3.8) is 0 Å². The van der Waals surface area contributed by atoms with Crippen molar-refractivity contribution in [1.82, 2.24) is 10.2 Å². The molecule has 0 radical (unpaired) electrons. The lowest BCUT2D eigenvalue weighted by atomic mass is 10.0. The highest BCUT2D eigenvalue weighted by Gasteiger charge is 2.35. The van der Waals surface area contributed by atoms with Crippen LogP contribution in [0.2, 0.25) is 0 Å². The van der Waals surface area contributed by atoms with Gasteiger partial charge < -0.3 is 15.0 Å². The van der Waals surface area contributed by atoms with E-state index in [1.54, 1.807) is 0 Å². The third kappa shape index (κ3) is 5.21. The molecule has 3 rings (SSSR count). The number of piperidine rings is 1. The van der Waals surface area contributed by atoms with Crippen molar-refractivity contribution in [2.24, 2.45) is 5.92 Å². The van der Waals surface area contributed by atoms with Crippen LogP contribution in [0.15, 0.2) is 24.3 Å². The van der Waals surface area contributed by atoms with E-state index in [0.717, 1.165) is 57.4 Å². The molecule has 0 bridgehead atoms. The maximum atomic E-state index is 12.1. The molecule has 1 saturated heterocycles. The average molecular weight is 344 g/mol. The molecule has 2 aliphatic rings. The Morgan fingerprint density at radius 2 is 1.80 bits per heavy atom. The smallest absolute Gasteiger partial charge is 0.258 e. The molecule has 1 heterocycles. The first-order valence-corrected chi connectivity index (χ1v) is 9.45. The topological polar surface area (TPSA) is 58.6 Å². The van der Waals surface area contributed by atoms with Crippen LogP contribution in [-0.4, -0.2) is 42.5 Å². The van der Waals surface area contributed by atoms with Crippen LogP contribution in [-0.2, 0) is 16.0 Å². The van der Waals surface area contributed by atoms with Crippen LogP contribution in [0, 0.1) is 5.92 Å². The van der Waals surface area contributed by atoms with Gasteiger partial charge >= 0.3 is 0 Å². The zero-order valence-corrected chi connectivity index (χ0v) is 15.0. The average Bonchev–Trinajstić information content (AvgIpc) is 3.47. The molecule has 0 aromatic heterocycles. The maximum absolute atomic E-state index is 12.1. The molecular weight excluding hydrogens is 316 g/mol. The summed E-state index contributed by atoms with van der Waals surface area (Å²) < 4.78 is 5.56. The quantitative estimate of drug-likeness (QED) is 0.827. The van der Waals surface area contributed by atoms with E-state index in [4.69, 9.17) is 4.74 Å². The van der Waals surface area contributed by atoms with E-state index < -0.39 is 0 Å². The minimum atomic E-state index is -0.0930. The third-order valence-corrected chi connectivity index (χ3v) is 4.93. The predicted molar refractivity (Wildman–Crippen MR) is 96.4 cm³/mol. The Kier molecular flexibility index (Phi) is 5.95. The second kappa shape index (κ2) is 8.37. The highest BCUT2D eigenvalue weighted by atomic mass is 16.5. The summed E-state index contributed by atoms with van der Waals surface area (Å²) in [5.74, 6) is 1.22. The molecule has 2 amide bonds. The normalized spacial score (nSPS) is 18.0. The van der Waals surface area contributed by atoms with E-state index in [2.05, 4.69) is 12.2 Å². The van der Waals surface area contributed by atoms with Crippen LogP contribution >= 0.6 is 0 Å². The second-order valence-corrected chi connectivity index (χ2v) is 7.12. The number of carbonyl (C=O) groups is 2. The van der Waals surface area contributed by atoms with Crippen LogP contribution in [0.4, 0.5) is 0 Å². The van der Waals surface area contributed by atoms with Gasteiger partial charge in [0.25, 0.3) is 5.91 Å². The molecule has 1 aliphatic heterocycles. The molecule has 1 saturated carbocycles. The number of carbonyl (C=O) groups excluding carboxylic acids is 2. The highest BCUT2D eigenvalue weighted by Crippen LogP contribution is 2.31. The summed E-state index contributed by atoms with van der Waals surface area (Å²) in [6.07, 6.45) is 5.93. The van der Waals surface area contributed by atoms with Crippen molar-refractivity contribution >= 4 is 11.8 Å². The third-order valence-electron chi connectivity index (χ3n) is 4.93. The molecule has 2 fully saturated rings. The Hall–Kier alpha value is -2.04. The molecule has 25 heavy (non-hydrogen) atoms. The molecule has 5 nitrogen and oxygen atoms in total. The lowest BCUT2D eigenvalue weighted by molar-refractivity contribution is -0.133. The Morgan fingerprint density at radius 1 is 1.12 bits per heavy atom. The van der Waals surface area contributed by atoms with Crippen LogP contribution in [0.3, 0.4) is 0 Å². The van der Waals surface area contributed by atoms with E-state index in [9.17, 15) is 9.59 Å². The van der Waals surface area contributed by atoms with E-state index in [-0.39, 0.29) is 24.5 Å². The zero-order valence-electron chi connectivity index (χ0n) is 15.0. The van der Waals surface area contributed by atoms with Crippen LogP contribution in [0.5, 0.6) is 5.75 Å². The summed E-state index contributed by atoms with van der Waals surface area (Å²) in [4.78, 5) is 26.1. The van der Waals surface area contributed by atoms with Crippen molar-refractivity contribution < 1.29 is 14.3 Å². The molecule has 1 aromatic carbocycles. The summed E-state index contributed by atoms with van der Waals surface area (Å²) in [5, 5.41) is 3.02.